The quantitative estimate of drug-likeness (QED) is 0.125. The zero-order chi connectivity index (χ0) is 40.3. The number of carbonyl (C=O) groups is 4. The molecule has 0 spiro atoms. The molecule has 0 aliphatic carbocycles. The summed E-state index contributed by atoms with van der Waals surface area (Å²) in [6.07, 6.45) is 1.57. The third-order valence-corrected chi connectivity index (χ3v) is 11.5. The summed E-state index contributed by atoms with van der Waals surface area (Å²) in [4.78, 5) is 60.2. The highest BCUT2D eigenvalue weighted by Gasteiger charge is 2.35. The number of amides is 3. The van der Waals surface area contributed by atoms with Crippen molar-refractivity contribution in [3.05, 3.63) is 91.8 Å². The van der Waals surface area contributed by atoms with Crippen molar-refractivity contribution in [3.8, 4) is 5.00 Å². The topological polar surface area (TPSA) is 157 Å². The first-order valence-corrected chi connectivity index (χ1v) is 20.0. The molecule has 296 valence electrons. The van der Waals surface area contributed by atoms with Crippen LogP contribution in [0.15, 0.2) is 47.5 Å². The Labute approximate surface area is 335 Å². The van der Waals surface area contributed by atoms with E-state index in [1.807, 2.05) is 35.8 Å². The predicted octanol–water partition coefficient (Wildman–Crippen LogP) is 7.31. The number of fused-ring (bicyclic) bond motifs is 3. The molecule has 1 fully saturated rings. The molecule has 1 saturated heterocycles. The molecule has 6 rings (SSSR count). The largest absolute Gasteiger partial charge is 0.465 e. The first-order valence-electron chi connectivity index (χ1n) is 18.8. The van der Waals surface area contributed by atoms with Crippen molar-refractivity contribution >= 4 is 58.2 Å². The Morgan fingerprint density at radius 2 is 1.71 bits per heavy atom. The van der Waals surface area contributed by atoms with Crippen molar-refractivity contribution in [1.82, 2.24) is 25.0 Å². The molecule has 0 radical (unpaired) electrons. The third-order valence-electron chi connectivity index (χ3n) is 10.0. The molecule has 0 saturated carbocycles. The second kappa shape index (κ2) is 17.0. The summed E-state index contributed by atoms with van der Waals surface area (Å²) in [6.45, 7) is 12.7. The van der Waals surface area contributed by atoms with Gasteiger partial charge in [0.25, 0.3) is 0 Å². The molecule has 2 aliphatic heterocycles. The fourth-order valence-electron chi connectivity index (χ4n) is 7.03. The van der Waals surface area contributed by atoms with Gasteiger partial charge in [-0.3, -0.25) is 19.1 Å². The Morgan fingerprint density at radius 3 is 2.39 bits per heavy atom. The number of benzene rings is 2. The number of aromatic nitrogens is 3. The minimum absolute atomic E-state index is 0.0670. The Kier molecular flexibility index (Phi) is 12.3. The number of anilines is 1. The monoisotopic (exact) mass is 801 g/mol. The average Bonchev–Trinajstić information content (AvgIpc) is 3.64. The standard InChI is InChI=1S/C41H48ClN7O6S/c1-23-24(2)56-38-34(23)35(26-10-12-29(42)13-11-26)45-32(36-47-46-25(3)49(36)38)22-33(50)48-19-16-27(17-20-48)37(51)44-30-14-15-31(39(52)54-7)28(21-30)9-8-18-43-40(53)55-41(4,5)6/h10-15,21,27,32H,8-9,16-20,22H2,1-7H3,(H,43,53)(H,44,51)/t32-/m0/s1. The van der Waals surface area contributed by atoms with Crippen LogP contribution >= 0.6 is 22.9 Å². The fraction of sp³-hybridized carbons (Fsp3) is 0.439. The number of thiophene rings is 1. The van der Waals surface area contributed by atoms with Gasteiger partial charge in [-0.2, -0.15) is 0 Å². The Morgan fingerprint density at radius 1 is 1.00 bits per heavy atom. The van der Waals surface area contributed by atoms with Crippen LogP contribution in [0.4, 0.5) is 10.5 Å². The first-order chi connectivity index (χ1) is 26.6. The Hall–Kier alpha value is -5.08. The smallest absolute Gasteiger partial charge is 0.407 e. The number of rotatable bonds is 10. The SMILES string of the molecule is COC(=O)c1ccc(NC(=O)C2CCN(C(=O)C[C@@H]3N=C(c4ccc(Cl)cc4)c4c(sc(C)c4C)-n4c(C)nnc43)CC2)cc1CCCNC(=O)OC(C)(C)C. The van der Waals surface area contributed by atoms with Crippen molar-refractivity contribution in [2.75, 3.05) is 32.1 Å². The molecule has 15 heteroatoms. The van der Waals surface area contributed by atoms with Crippen LogP contribution in [-0.2, 0) is 25.5 Å². The number of nitrogens with zero attached hydrogens (tertiary/aromatic N) is 5. The number of piperidine rings is 1. The van der Waals surface area contributed by atoms with E-state index in [1.165, 1.54) is 12.0 Å². The maximum absolute atomic E-state index is 14.0. The van der Waals surface area contributed by atoms with Gasteiger partial charge in [0.15, 0.2) is 5.82 Å². The van der Waals surface area contributed by atoms with Gasteiger partial charge in [0.1, 0.15) is 22.5 Å². The number of ether oxygens (including phenoxy) is 2. The molecule has 2 N–H and O–H groups in total. The van der Waals surface area contributed by atoms with Gasteiger partial charge >= 0.3 is 12.1 Å². The van der Waals surface area contributed by atoms with E-state index in [0.717, 1.165) is 33.2 Å². The Bertz CT molecular complexity index is 2160. The lowest BCUT2D eigenvalue weighted by Gasteiger charge is -2.32. The van der Waals surface area contributed by atoms with Gasteiger partial charge in [0, 0.05) is 52.3 Å². The van der Waals surface area contributed by atoms with Crippen LogP contribution in [0.5, 0.6) is 0 Å². The zero-order valence-electron chi connectivity index (χ0n) is 32.8. The van der Waals surface area contributed by atoms with E-state index in [-0.39, 0.29) is 24.2 Å². The van der Waals surface area contributed by atoms with Gasteiger partial charge in [0.05, 0.1) is 24.8 Å². The molecule has 2 aliphatic rings. The number of nitrogens with one attached hydrogen (secondary N) is 2. The molecule has 4 aromatic rings. The van der Waals surface area contributed by atoms with Crippen molar-refractivity contribution in [2.24, 2.45) is 10.9 Å². The highest BCUT2D eigenvalue weighted by Crippen LogP contribution is 2.40. The minimum Gasteiger partial charge on any atom is -0.465 e. The summed E-state index contributed by atoms with van der Waals surface area (Å²) in [5.41, 5.74) is 4.84. The van der Waals surface area contributed by atoms with Crippen LogP contribution in [0.1, 0.15) is 102 Å². The first kappa shape index (κ1) is 40.6. The van der Waals surface area contributed by atoms with Crippen LogP contribution < -0.4 is 10.6 Å². The van der Waals surface area contributed by atoms with E-state index in [1.54, 1.807) is 55.2 Å². The summed E-state index contributed by atoms with van der Waals surface area (Å²) in [7, 11) is 1.32. The van der Waals surface area contributed by atoms with E-state index >= 15 is 0 Å². The van der Waals surface area contributed by atoms with Gasteiger partial charge < -0.3 is 25.0 Å². The number of alkyl carbamates (subject to hydrolysis) is 1. The molecular formula is C41H48ClN7O6S. The fourth-order valence-corrected chi connectivity index (χ4v) is 8.37. The van der Waals surface area contributed by atoms with Crippen LogP contribution in [0, 0.1) is 26.7 Å². The molecule has 0 bridgehead atoms. The second-order valence-corrected chi connectivity index (χ2v) is 16.8. The van der Waals surface area contributed by atoms with Gasteiger partial charge in [-0.05, 0) is 109 Å². The number of aliphatic imine (C=N–C) groups is 1. The van der Waals surface area contributed by atoms with Gasteiger partial charge in [0.2, 0.25) is 11.8 Å². The number of hydrogen-bond donors (Lipinski definition) is 2. The molecule has 2 aromatic carbocycles. The molecule has 56 heavy (non-hydrogen) atoms. The second-order valence-electron chi connectivity index (χ2n) is 15.1. The van der Waals surface area contributed by atoms with E-state index in [9.17, 15) is 19.2 Å². The van der Waals surface area contributed by atoms with Gasteiger partial charge in [-0.15, -0.1) is 21.5 Å². The number of aryl methyl sites for hydroxylation is 3. The minimum atomic E-state index is -0.607. The van der Waals surface area contributed by atoms with Gasteiger partial charge in [-0.1, -0.05) is 23.7 Å². The lowest BCUT2D eigenvalue weighted by atomic mass is 9.95. The van der Waals surface area contributed by atoms with Crippen LogP contribution in [0.2, 0.25) is 5.02 Å². The lowest BCUT2D eigenvalue weighted by Crippen LogP contribution is -2.41. The van der Waals surface area contributed by atoms with Crippen LogP contribution in [0.25, 0.3) is 5.00 Å². The Balaban J connectivity index is 1.11. The normalized spacial score (nSPS) is 15.6. The molecule has 1 atom stereocenters. The van der Waals surface area contributed by atoms with Crippen LogP contribution in [0.3, 0.4) is 0 Å². The maximum atomic E-state index is 14.0. The highest BCUT2D eigenvalue weighted by atomic mass is 35.5. The number of esters is 1. The van der Waals surface area contributed by atoms with Crippen molar-refractivity contribution in [3.63, 3.8) is 0 Å². The predicted molar refractivity (Wildman–Crippen MR) is 216 cm³/mol. The van der Waals surface area contributed by atoms with E-state index in [0.29, 0.717) is 73.0 Å². The summed E-state index contributed by atoms with van der Waals surface area (Å²) in [5, 5.41) is 16.3. The summed E-state index contributed by atoms with van der Waals surface area (Å²) in [6, 6.07) is 12.1. The third kappa shape index (κ3) is 9.13. The molecule has 4 heterocycles. The van der Waals surface area contributed by atoms with E-state index in [4.69, 9.17) is 26.1 Å². The molecule has 2 aromatic heterocycles. The lowest BCUT2D eigenvalue weighted by molar-refractivity contribution is -0.134. The summed E-state index contributed by atoms with van der Waals surface area (Å²) < 4.78 is 12.3. The number of likely N-dealkylation sites (tertiary alicyclic amines) is 1. The van der Waals surface area contributed by atoms with Gasteiger partial charge in [-0.25, -0.2) is 9.59 Å². The van der Waals surface area contributed by atoms with E-state index in [2.05, 4.69) is 34.7 Å². The van der Waals surface area contributed by atoms with Crippen molar-refractivity contribution in [1.29, 1.82) is 0 Å². The molecule has 3 amide bonds. The van der Waals surface area contributed by atoms with Crippen molar-refractivity contribution in [2.45, 2.75) is 85.3 Å². The molecule has 13 nitrogen and oxygen atoms in total. The zero-order valence-corrected chi connectivity index (χ0v) is 34.4. The molecule has 0 unspecified atom stereocenters. The highest BCUT2D eigenvalue weighted by molar-refractivity contribution is 7.15. The summed E-state index contributed by atoms with van der Waals surface area (Å²) in [5.74, 6) is 0.336. The van der Waals surface area contributed by atoms with Crippen LogP contribution in [-0.4, -0.2) is 81.6 Å². The number of hydrogen-bond acceptors (Lipinski definition) is 10. The summed E-state index contributed by atoms with van der Waals surface area (Å²) >= 11 is 7.91. The average molecular weight is 802 g/mol. The number of halogens is 1. The molecular weight excluding hydrogens is 754 g/mol. The van der Waals surface area contributed by atoms with E-state index < -0.39 is 23.7 Å². The number of carbonyl (C=O) groups excluding carboxylic acids is 4. The van der Waals surface area contributed by atoms with Crippen molar-refractivity contribution < 1.29 is 28.7 Å². The maximum Gasteiger partial charge on any atom is 0.407 e. The number of methoxy groups -OCH3 is 1.